The topological polar surface area (TPSA) is 62.3 Å². The number of benzene rings is 1. The van der Waals surface area contributed by atoms with Crippen molar-refractivity contribution in [2.24, 2.45) is 0 Å². The minimum atomic E-state index is -0.863. The van der Waals surface area contributed by atoms with Gasteiger partial charge in [-0.2, -0.15) is 0 Å². The van der Waals surface area contributed by atoms with Crippen LogP contribution >= 0.6 is 0 Å². The molecule has 0 radical (unpaired) electrons. The van der Waals surface area contributed by atoms with Crippen LogP contribution in [0.25, 0.3) is 0 Å². The van der Waals surface area contributed by atoms with Crippen LogP contribution in [-0.4, -0.2) is 40.8 Å². The van der Waals surface area contributed by atoms with Gasteiger partial charge in [-0.3, -0.25) is 14.6 Å². The van der Waals surface area contributed by atoms with E-state index in [9.17, 15) is 18.4 Å². The van der Waals surface area contributed by atoms with Gasteiger partial charge in [0.2, 0.25) is 0 Å². The number of rotatable bonds is 3. The van der Waals surface area contributed by atoms with Crippen LogP contribution in [0.2, 0.25) is 0 Å². The lowest BCUT2D eigenvalue weighted by atomic mass is 10.0. The molecule has 0 spiro atoms. The number of aromatic nitrogens is 1. The SMILES string of the molecule is O=C(NC1CCN(C(=O)c2ccc(F)cc2F)CC1)c1ccncc1. The summed E-state index contributed by atoms with van der Waals surface area (Å²) in [5.41, 5.74) is 0.391. The Balaban J connectivity index is 1.56. The second-order valence-corrected chi connectivity index (χ2v) is 5.90. The number of likely N-dealkylation sites (tertiary alicyclic amines) is 1. The van der Waals surface area contributed by atoms with Crippen LogP contribution in [-0.2, 0) is 0 Å². The number of piperidine rings is 1. The van der Waals surface area contributed by atoms with E-state index in [2.05, 4.69) is 10.3 Å². The predicted molar refractivity (Wildman–Crippen MR) is 87.0 cm³/mol. The smallest absolute Gasteiger partial charge is 0.256 e. The molecule has 2 heterocycles. The van der Waals surface area contributed by atoms with Crippen LogP contribution in [0.3, 0.4) is 0 Å². The van der Waals surface area contributed by atoms with Crippen LogP contribution < -0.4 is 5.32 Å². The second-order valence-electron chi connectivity index (χ2n) is 5.90. The third kappa shape index (κ3) is 3.99. The Labute approximate surface area is 143 Å². The first-order valence-electron chi connectivity index (χ1n) is 8.00. The summed E-state index contributed by atoms with van der Waals surface area (Å²) >= 11 is 0. The molecule has 1 aromatic carbocycles. The molecule has 5 nitrogen and oxygen atoms in total. The van der Waals surface area contributed by atoms with Crippen molar-refractivity contribution in [3.63, 3.8) is 0 Å². The molecule has 2 amide bonds. The molecule has 3 rings (SSSR count). The van der Waals surface area contributed by atoms with Crippen molar-refractivity contribution >= 4 is 11.8 Å². The van der Waals surface area contributed by atoms with Gasteiger partial charge in [0, 0.05) is 43.2 Å². The quantitative estimate of drug-likeness (QED) is 0.929. The van der Waals surface area contributed by atoms with E-state index in [0.29, 0.717) is 37.6 Å². The maximum absolute atomic E-state index is 13.7. The molecule has 1 aliphatic heterocycles. The molecule has 1 aliphatic rings. The Morgan fingerprint density at radius 3 is 2.40 bits per heavy atom. The van der Waals surface area contributed by atoms with Crippen LogP contribution in [0.1, 0.15) is 33.6 Å². The van der Waals surface area contributed by atoms with Crippen LogP contribution in [0.15, 0.2) is 42.7 Å². The molecule has 130 valence electrons. The predicted octanol–water partition coefficient (Wildman–Crippen LogP) is 2.39. The van der Waals surface area contributed by atoms with Crippen molar-refractivity contribution in [2.45, 2.75) is 18.9 Å². The minimum absolute atomic E-state index is 0.0530. The monoisotopic (exact) mass is 345 g/mol. The molecular formula is C18H17F2N3O2. The molecule has 0 aliphatic carbocycles. The van der Waals surface area contributed by atoms with E-state index in [1.165, 1.54) is 4.90 Å². The van der Waals surface area contributed by atoms with E-state index in [0.717, 1.165) is 12.1 Å². The second kappa shape index (κ2) is 7.38. The number of halogens is 2. The lowest BCUT2D eigenvalue weighted by molar-refractivity contribution is 0.0693. The van der Waals surface area contributed by atoms with Gasteiger partial charge in [-0.1, -0.05) is 0 Å². The van der Waals surface area contributed by atoms with Crippen molar-refractivity contribution in [1.29, 1.82) is 0 Å². The highest BCUT2D eigenvalue weighted by Gasteiger charge is 2.26. The normalized spacial score (nSPS) is 15.0. The number of hydrogen-bond acceptors (Lipinski definition) is 3. The van der Waals surface area contributed by atoms with Crippen molar-refractivity contribution in [1.82, 2.24) is 15.2 Å². The summed E-state index contributed by atoms with van der Waals surface area (Å²) in [4.78, 5) is 29.9. The molecule has 2 aromatic rings. The first kappa shape index (κ1) is 17.0. The lowest BCUT2D eigenvalue weighted by Crippen LogP contribution is -2.46. The highest BCUT2D eigenvalue weighted by Crippen LogP contribution is 2.17. The summed E-state index contributed by atoms with van der Waals surface area (Å²) in [7, 11) is 0. The summed E-state index contributed by atoms with van der Waals surface area (Å²) in [5, 5.41) is 2.92. The van der Waals surface area contributed by atoms with Crippen LogP contribution in [0.4, 0.5) is 8.78 Å². The van der Waals surface area contributed by atoms with E-state index in [1.54, 1.807) is 24.5 Å². The molecule has 0 unspecified atom stereocenters. The molecule has 0 bridgehead atoms. The van der Waals surface area contributed by atoms with E-state index in [-0.39, 0.29) is 17.5 Å². The maximum Gasteiger partial charge on any atom is 0.256 e. The first-order valence-corrected chi connectivity index (χ1v) is 8.00. The number of nitrogens with zero attached hydrogens (tertiary/aromatic N) is 2. The number of carbonyl (C=O) groups excluding carboxylic acids is 2. The van der Waals surface area contributed by atoms with E-state index < -0.39 is 17.5 Å². The van der Waals surface area contributed by atoms with Crippen molar-refractivity contribution in [3.8, 4) is 0 Å². The number of hydrogen-bond donors (Lipinski definition) is 1. The van der Waals surface area contributed by atoms with Gasteiger partial charge < -0.3 is 10.2 Å². The van der Waals surface area contributed by atoms with Gasteiger partial charge in [0.1, 0.15) is 11.6 Å². The van der Waals surface area contributed by atoms with Gasteiger partial charge >= 0.3 is 0 Å². The number of pyridine rings is 1. The fourth-order valence-corrected chi connectivity index (χ4v) is 2.83. The number of nitrogens with one attached hydrogen (secondary N) is 1. The number of amides is 2. The van der Waals surface area contributed by atoms with E-state index in [4.69, 9.17) is 0 Å². The van der Waals surface area contributed by atoms with Crippen molar-refractivity contribution in [2.75, 3.05) is 13.1 Å². The fraction of sp³-hybridized carbons (Fsp3) is 0.278. The zero-order valence-corrected chi connectivity index (χ0v) is 13.4. The highest BCUT2D eigenvalue weighted by molar-refractivity contribution is 5.95. The maximum atomic E-state index is 13.7. The minimum Gasteiger partial charge on any atom is -0.349 e. The van der Waals surface area contributed by atoms with Gasteiger partial charge in [-0.05, 0) is 37.1 Å². The Morgan fingerprint density at radius 2 is 1.76 bits per heavy atom. The fourth-order valence-electron chi connectivity index (χ4n) is 2.83. The summed E-state index contributed by atoms with van der Waals surface area (Å²) in [6, 6.07) is 6.14. The molecule has 0 atom stereocenters. The van der Waals surface area contributed by atoms with Crippen LogP contribution in [0, 0.1) is 11.6 Å². The van der Waals surface area contributed by atoms with E-state index in [1.807, 2.05) is 0 Å². The third-order valence-electron chi connectivity index (χ3n) is 4.22. The van der Waals surface area contributed by atoms with Gasteiger partial charge in [0.05, 0.1) is 5.56 Å². The molecule has 7 heteroatoms. The summed E-state index contributed by atoms with van der Waals surface area (Å²) in [6.07, 6.45) is 4.25. The van der Waals surface area contributed by atoms with Gasteiger partial charge in [-0.15, -0.1) is 0 Å². The van der Waals surface area contributed by atoms with Crippen molar-refractivity contribution in [3.05, 3.63) is 65.5 Å². The molecule has 1 saturated heterocycles. The summed E-state index contributed by atoms with van der Waals surface area (Å²) < 4.78 is 26.7. The van der Waals surface area contributed by atoms with Gasteiger partial charge in [-0.25, -0.2) is 8.78 Å². The Hall–Kier alpha value is -2.83. The molecule has 25 heavy (non-hydrogen) atoms. The zero-order chi connectivity index (χ0) is 17.8. The number of carbonyl (C=O) groups is 2. The standard InChI is InChI=1S/C18H17F2N3O2/c19-13-1-2-15(16(20)11-13)18(25)23-9-5-14(6-10-23)22-17(24)12-3-7-21-8-4-12/h1-4,7-8,11,14H,5-6,9-10H2,(H,22,24). The van der Waals surface area contributed by atoms with Crippen molar-refractivity contribution < 1.29 is 18.4 Å². The molecule has 1 N–H and O–H groups in total. The zero-order valence-electron chi connectivity index (χ0n) is 13.4. The highest BCUT2D eigenvalue weighted by atomic mass is 19.1. The molecule has 1 aromatic heterocycles. The Morgan fingerprint density at radius 1 is 1.08 bits per heavy atom. The average molecular weight is 345 g/mol. The molecule has 1 fully saturated rings. The van der Waals surface area contributed by atoms with Crippen LogP contribution in [0.5, 0.6) is 0 Å². The van der Waals surface area contributed by atoms with Gasteiger partial charge in [0.15, 0.2) is 0 Å². The Bertz CT molecular complexity index is 775. The molecule has 0 saturated carbocycles. The molecular weight excluding hydrogens is 328 g/mol. The van der Waals surface area contributed by atoms with Gasteiger partial charge in [0.25, 0.3) is 11.8 Å². The first-order chi connectivity index (χ1) is 12.0. The third-order valence-corrected chi connectivity index (χ3v) is 4.22. The summed E-state index contributed by atoms with van der Waals surface area (Å²) in [6.45, 7) is 0.799. The summed E-state index contributed by atoms with van der Waals surface area (Å²) in [5.74, 6) is -2.22. The largest absolute Gasteiger partial charge is 0.349 e. The average Bonchev–Trinajstić information content (AvgIpc) is 2.62. The lowest BCUT2D eigenvalue weighted by Gasteiger charge is -2.32. The van der Waals surface area contributed by atoms with E-state index >= 15 is 0 Å². The Kier molecular flexibility index (Phi) is 5.02.